The molecule has 0 unspecified atom stereocenters. The van der Waals surface area contributed by atoms with Gasteiger partial charge in [-0.25, -0.2) is 4.79 Å². The van der Waals surface area contributed by atoms with Gasteiger partial charge in [-0.15, -0.1) is 0 Å². The fourth-order valence-corrected chi connectivity index (χ4v) is 2.60. The van der Waals surface area contributed by atoms with Gasteiger partial charge in [0.15, 0.2) is 6.61 Å². The third-order valence-corrected chi connectivity index (χ3v) is 3.64. The van der Waals surface area contributed by atoms with Gasteiger partial charge < -0.3 is 14.8 Å². The van der Waals surface area contributed by atoms with Crippen LogP contribution in [-0.2, 0) is 14.3 Å². The second-order valence-corrected chi connectivity index (χ2v) is 6.43. The van der Waals surface area contributed by atoms with E-state index in [0.717, 1.165) is 0 Å². The van der Waals surface area contributed by atoms with E-state index in [0.29, 0.717) is 21.7 Å². The van der Waals surface area contributed by atoms with Gasteiger partial charge in [0.1, 0.15) is 11.8 Å². The van der Waals surface area contributed by atoms with E-state index in [1.807, 2.05) is 13.8 Å². The molecule has 0 aliphatic rings. The molecule has 0 fully saturated rings. The van der Waals surface area contributed by atoms with E-state index in [9.17, 15) is 9.59 Å². The highest BCUT2D eigenvalue weighted by molar-refractivity contribution is 9.10. The number of halogens is 2. The van der Waals surface area contributed by atoms with E-state index >= 15 is 0 Å². The van der Waals surface area contributed by atoms with Crippen LogP contribution in [0, 0.1) is 5.92 Å². The molecule has 5 nitrogen and oxygen atoms in total. The zero-order chi connectivity index (χ0) is 16.7. The van der Waals surface area contributed by atoms with Gasteiger partial charge in [-0.05, 0) is 46.5 Å². The molecule has 7 heteroatoms. The number of nitrogens with one attached hydrogen (secondary N) is 1. The van der Waals surface area contributed by atoms with Crippen LogP contribution in [0.5, 0.6) is 5.75 Å². The monoisotopic (exact) mass is 391 g/mol. The van der Waals surface area contributed by atoms with E-state index in [1.54, 1.807) is 18.2 Å². The largest absolute Gasteiger partial charge is 0.483 e. The molecule has 0 radical (unpaired) electrons. The Morgan fingerprint density at radius 1 is 1.36 bits per heavy atom. The molecule has 122 valence electrons. The molecule has 22 heavy (non-hydrogen) atoms. The van der Waals surface area contributed by atoms with Crippen molar-refractivity contribution in [2.24, 2.45) is 5.92 Å². The second kappa shape index (κ2) is 9.00. The van der Waals surface area contributed by atoms with E-state index < -0.39 is 17.9 Å². The van der Waals surface area contributed by atoms with Crippen molar-refractivity contribution in [3.63, 3.8) is 0 Å². The smallest absolute Gasteiger partial charge is 0.328 e. The number of esters is 1. The Morgan fingerprint density at radius 2 is 2.05 bits per heavy atom. The van der Waals surface area contributed by atoms with Gasteiger partial charge >= 0.3 is 5.97 Å². The van der Waals surface area contributed by atoms with Crippen LogP contribution in [0.2, 0.25) is 5.02 Å². The number of rotatable bonds is 7. The first-order valence-corrected chi connectivity index (χ1v) is 7.95. The fraction of sp³-hybridized carbons (Fsp3) is 0.467. The van der Waals surface area contributed by atoms with Crippen LogP contribution in [-0.4, -0.2) is 31.6 Å². The van der Waals surface area contributed by atoms with Gasteiger partial charge in [0, 0.05) is 5.02 Å². The van der Waals surface area contributed by atoms with Crippen molar-refractivity contribution in [2.75, 3.05) is 13.7 Å². The fourth-order valence-electron chi connectivity index (χ4n) is 1.80. The molecule has 0 heterocycles. The van der Waals surface area contributed by atoms with Crippen molar-refractivity contribution in [2.45, 2.75) is 26.3 Å². The van der Waals surface area contributed by atoms with E-state index in [2.05, 4.69) is 21.2 Å². The van der Waals surface area contributed by atoms with E-state index in [1.165, 1.54) is 7.11 Å². The van der Waals surface area contributed by atoms with Gasteiger partial charge in [0.05, 0.1) is 11.6 Å². The Kier molecular flexibility index (Phi) is 7.68. The molecule has 0 aromatic heterocycles. The van der Waals surface area contributed by atoms with Crippen LogP contribution in [0.15, 0.2) is 22.7 Å². The highest BCUT2D eigenvalue weighted by Crippen LogP contribution is 2.27. The summed E-state index contributed by atoms with van der Waals surface area (Å²) in [6, 6.07) is 4.32. The lowest BCUT2D eigenvalue weighted by atomic mass is 10.0. The summed E-state index contributed by atoms with van der Waals surface area (Å²) in [5, 5.41) is 3.18. The summed E-state index contributed by atoms with van der Waals surface area (Å²) in [6.45, 7) is 3.72. The Labute approximate surface area is 143 Å². The maximum absolute atomic E-state index is 11.9. The summed E-state index contributed by atoms with van der Waals surface area (Å²) < 4.78 is 10.7. The number of carbonyl (C=O) groups is 2. The molecule has 1 amide bonds. The number of methoxy groups -OCH3 is 1. The molecular formula is C15H19BrClNO4. The van der Waals surface area contributed by atoms with Crippen molar-refractivity contribution in [3.8, 4) is 5.75 Å². The number of benzene rings is 1. The first-order valence-electron chi connectivity index (χ1n) is 6.78. The number of hydrogen-bond acceptors (Lipinski definition) is 4. The summed E-state index contributed by atoms with van der Waals surface area (Å²) in [4.78, 5) is 23.6. The van der Waals surface area contributed by atoms with Crippen LogP contribution in [0.4, 0.5) is 0 Å². The average Bonchev–Trinajstić information content (AvgIpc) is 2.44. The van der Waals surface area contributed by atoms with Crippen molar-refractivity contribution in [1.82, 2.24) is 5.32 Å². The Balaban J connectivity index is 2.58. The first-order chi connectivity index (χ1) is 10.3. The third kappa shape index (κ3) is 6.23. The molecule has 0 bridgehead atoms. The minimum Gasteiger partial charge on any atom is -0.483 e. The average molecular weight is 393 g/mol. The lowest BCUT2D eigenvalue weighted by molar-refractivity contribution is -0.145. The molecule has 1 aromatic carbocycles. The number of ether oxygens (including phenoxy) is 2. The molecule has 1 rings (SSSR count). The maximum Gasteiger partial charge on any atom is 0.328 e. The van der Waals surface area contributed by atoms with Crippen LogP contribution >= 0.6 is 27.5 Å². The van der Waals surface area contributed by atoms with Gasteiger partial charge in [0.25, 0.3) is 5.91 Å². The Hall–Kier alpha value is -1.27. The van der Waals surface area contributed by atoms with E-state index in [-0.39, 0.29) is 12.5 Å². The Bertz CT molecular complexity index is 536. The standard InChI is InChI=1S/C15H19BrClNO4/c1-9(2)6-12(15(20)21-3)18-14(19)8-22-13-5-4-10(17)7-11(13)16/h4-5,7,9,12H,6,8H2,1-3H3,(H,18,19)/t12-/m1/s1. The van der Waals surface area contributed by atoms with E-state index in [4.69, 9.17) is 21.1 Å². The molecule has 0 saturated heterocycles. The van der Waals surface area contributed by atoms with Crippen molar-refractivity contribution < 1.29 is 19.1 Å². The van der Waals surface area contributed by atoms with Gasteiger partial charge in [-0.1, -0.05) is 25.4 Å². The summed E-state index contributed by atoms with van der Waals surface area (Å²) in [5.41, 5.74) is 0. The molecule has 0 spiro atoms. The van der Waals surface area contributed by atoms with Crippen LogP contribution < -0.4 is 10.1 Å². The van der Waals surface area contributed by atoms with Gasteiger partial charge in [-0.2, -0.15) is 0 Å². The summed E-state index contributed by atoms with van der Waals surface area (Å²) in [7, 11) is 1.29. The molecular weight excluding hydrogens is 374 g/mol. The quantitative estimate of drug-likeness (QED) is 0.724. The Morgan fingerprint density at radius 3 is 2.59 bits per heavy atom. The van der Waals surface area contributed by atoms with Crippen LogP contribution in [0.3, 0.4) is 0 Å². The highest BCUT2D eigenvalue weighted by atomic mass is 79.9. The molecule has 1 atom stereocenters. The van der Waals surface area contributed by atoms with Crippen molar-refractivity contribution in [1.29, 1.82) is 0 Å². The van der Waals surface area contributed by atoms with Crippen LogP contribution in [0.1, 0.15) is 20.3 Å². The van der Waals surface area contributed by atoms with Gasteiger partial charge in [-0.3, -0.25) is 4.79 Å². The highest BCUT2D eigenvalue weighted by Gasteiger charge is 2.22. The topological polar surface area (TPSA) is 64.6 Å². The minimum absolute atomic E-state index is 0.203. The number of hydrogen-bond donors (Lipinski definition) is 1. The summed E-state index contributed by atoms with van der Waals surface area (Å²) >= 11 is 9.13. The number of amides is 1. The zero-order valence-electron chi connectivity index (χ0n) is 12.7. The lowest BCUT2D eigenvalue weighted by Crippen LogP contribution is -2.44. The first kappa shape index (κ1) is 18.8. The SMILES string of the molecule is COC(=O)[C@@H](CC(C)C)NC(=O)COc1ccc(Cl)cc1Br. The minimum atomic E-state index is -0.672. The second-order valence-electron chi connectivity index (χ2n) is 5.14. The van der Waals surface area contributed by atoms with Crippen molar-refractivity contribution >= 4 is 39.4 Å². The predicted molar refractivity (Wildman–Crippen MR) is 88.0 cm³/mol. The summed E-state index contributed by atoms with van der Waals surface area (Å²) in [6.07, 6.45) is 0.503. The van der Waals surface area contributed by atoms with Gasteiger partial charge in [0.2, 0.25) is 0 Å². The zero-order valence-corrected chi connectivity index (χ0v) is 15.0. The van der Waals surface area contributed by atoms with Crippen LogP contribution in [0.25, 0.3) is 0 Å². The lowest BCUT2D eigenvalue weighted by Gasteiger charge is -2.18. The molecule has 0 aliphatic heterocycles. The molecule has 0 aliphatic carbocycles. The molecule has 1 N–H and O–H groups in total. The molecule has 1 aromatic rings. The third-order valence-electron chi connectivity index (χ3n) is 2.78. The predicted octanol–water partition coefficient (Wildman–Crippen LogP) is 3.19. The maximum atomic E-state index is 11.9. The van der Waals surface area contributed by atoms with Crippen molar-refractivity contribution in [3.05, 3.63) is 27.7 Å². The number of carbonyl (C=O) groups excluding carboxylic acids is 2. The normalized spacial score (nSPS) is 11.9. The summed E-state index contributed by atoms with van der Waals surface area (Å²) in [5.74, 6) is -0.110. The molecule has 0 saturated carbocycles.